The van der Waals surface area contributed by atoms with Crippen LogP contribution in [0.1, 0.15) is 54.1 Å². The van der Waals surface area contributed by atoms with Gasteiger partial charge in [-0.15, -0.1) is 0 Å². The standard InChI is InChI=1S/C24H15FN6O2.C16H11BrFN5O.C9H7NO/c1-27-22-12-31-23(30-22)19(16-3-2-14(13-32)8-15(16)9-26)11-29-24(31)28-10-18-17-6-7-33-21(17)5-4-20(18)25;1-19-14-8-23-15(22-14)11(17)7-21-16(23)20-6-10-9-4-5-24-13(9)3-2-12(10)18;1-7-3-4-8(6-11)5-9(7)10-2/h2-5,8,11-13H,6-7,10H2,(H,28,29);2-3,7-8H,4-6H2,(H,20,21);3-6H,1H3. The van der Waals surface area contributed by atoms with Crippen LogP contribution in [-0.4, -0.2) is 54.5 Å². The third-order valence-electron chi connectivity index (χ3n) is 11.0. The van der Waals surface area contributed by atoms with E-state index in [9.17, 15) is 23.6 Å². The number of fused-ring (bicyclic) bond motifs is 4. The number of nitrogens with one attached hydrogen (secondary N) is 2. The topological polar surface area (TPSA) is 174 Å². The van der Waals surface area contributed by atoms with E-state index in [1.54, 1.807) is 69.9 Å². The second-order valence-electron chi connectivity index (χ2n) is 15.0. The van der Waals surface area contributed by atoms with Crippen LogP contribution in [0, 0.1) is 49.6 Å². The van der Waals surface area contributed by atoms with Crippen molar-refractivity contribution in [1.29, 1.82) is 5.26 Å². The molecule has 2 aliphatic rings. The van der Waals surface area contributed by atoms with Crippen molar-refractivity contribution < 1.29 is 27.8 Å². The molecule has 0 bridgehead atoms. The first-order valence-corrected chi connectivity index (χ1v) is 21.3. The Bertz CT molecular complexity index is 3490. The van der Waals surface area contributed by atoms with Gasteiger partial charge in [-0.3, -0.25) is 18.4 Å². The summed E-state index contributed by atoms with van der Waals surface area (Å²) in [6.07, 6.45) is 9.01. The van der Waals surface area contributed by atoms with Crippen molar-refractivity contribution in [2.45, 2.75) is 32.9 Å². The summed E-state index contributed by atoms with van der Waals surface area (Å²) < 4.78 is 43.7. The third kappa shape index (κ3) is 9.24. The van der Waals surface area contributed by atoms with E-state index in [0.29, 0.717) is 110 Å². The van der Waals surface area contributed by atoms with Gasteiger partial charge in [0.15, 0.2) is 5.69 Å². The summed E-state index contributed by atoms with van der Waals surface area (Å²) in [6.45, 7) is 24.6. The van der Waals surface area contributed by atoms with E-state index in [1.807, 2.05) is 6.92 Å². The van der Waals surface area contributed by atoms with Crippen molar-refractivity contribution in [3.63, 3.8) is 0 Å². The van der Waals surface area contributed by atoms with E-state index < -0.39 is 0 Å². The monoisotopic (exact) mass is 970 g/mol. The van der Waals surface area contributed by atoms with Gasteiger partial charge in [-0.1, -0.05) is 47.4 Å². The summed E-state index contributed by atoms with van der Waals surface area (Å²) in [7, 11) is 0. The van der Waals surface area contributed by atoms with Gasteiger partial charge in [-0.05, 0) is 64.8 Å². The predicted molar refractivity (Wildman–Crippen MR) is 250 cm³/mol. The molecule has 0 atom stereocenters. The van der Waals surface area contributed by atoms with Crippen LogP contribution >= 0.6 is 15.9 Å². The molecule has 4 aromatic carbocycles. The molecule has 0 radical (unpaired) electrons. The number of nitrogens with zero attached hydrogens (tertiary/aromatic N) is 10. The molecule has 0 amide bonds. The van der Waals surface area contributed by atoms with Crippen LogP contribution in [0.5, 0.6) is 11.5 Å². The van der Waals surface area contributed by atoms with Crippen molar-refractivity contribution in [2.75, 3.05) is 23.8 Å². The summed E-state index contributed by atoms with van der Waals surface area (Å²) in [5, 5.41) is 15.8. The molecule has 10 rings (SSSR count). The molecule has 16 nitrogen and oxygen atoms in total. The average Bonchev–Trinajstić information content (AvgIpc) is 4.21. The van der Waals surface area contributed by atoms with E-state index >= 15 is 0 Å². The summed E-state index contributed by atoms with van der Waals surface area (Å²) in [6, 6.07) is 18.0. The largest absolute Gasteiger partial charge is 0.493 e. The minimum Gasteiger partial charge on any atom is -0.493 e. The van der Waals surface area contributed by atoms with E-state index in [2.05, 4.69) is 67.1 Å². The minimum absolute atomic E-state index is 0.149. The number of aryl methyl sites for hydroxylation is 1. The Morgan fingerprint density at radius 3 is 1.85 bits per heavy atom. The number of carbonyl (C=O) groups is 2. The van der Waals surface area contributed by atoms with Crippen LogP contribution in [0.25, 0.3) is 37.0 Å². The Morgan fingerprint density at radius 2 is 1.29 bits per heavy atom. The Kier molecular flexibility index (Phi) is 13.4. The molecule has 4 aromatic heterocycles. The summed E-state index contributed by atoms with van der Waals surface area (Å²) in [5.74, 6) is 2.10. The van der Waals surface area contributed by atoms with Crippen LogP contribution in [0.2, 0.25) is 0 Å². The lowest BCUT2D eigenvalue weighted by Gasteiger charge is -2.12. The Hall–Kier alpha value is -9.04. The quantitative estimate of drug-likeness (QED) is 0.104. The molecule has 0 unspecified atom stereocenters. The first-order valence-electron chi connectivity index (χ1n) is 20.5. The number of aromatic nitrogens is 6. The molecule has 68 heavy (non-hydrogen) atoms. The van der Waals surface area contributed by atoms with Crippen molar-refractivity contribution in [3.05, 3.63) is 180 Å². The van der Waals surface area contributed by atoms with Crippen LogP contribution in [0.15, 0.2) is 89.9 Å². The zero-order valence-corrected chi connectivity index (χ0v) is 37.3. The molecule has 0 saturated heterocycles. The fraction of sp³-hybridized carbons (Fsp3) is 0.143. The SMILES string of the molecule is [C-]#[N+]c1cc(C=O)ccc1C.[C-]#[N+]c1cn2c(NCc3c(F)ccc4c3CCO4)ncc(-c3ccc(C=O)cc3C#N)c2n1.[C-]#[N+]c1cn2c(NCc3c(F)ccc4c3CCO4)ncc(Br)c2n1. The van der Waals surface area contributed by atoms with Gasteiger partial charge in [-0.2, -0.15) is 5.26 Å². The fourth-order valence-electron chi connectivity index (χ4n) is 7.59. The summed E-state index contributed by atoms with van der Waals surface area (Å²) in [5.41, 5.74) is 7.56. The fourth-order valence-corrected chi connectivity index (χ4v) is 7.97. The van der Waals surface area contributed by atoms with Crippen molar-refractivity contribution in [2.24, 2.45) is 0 Å². The first kappa shape index (κ1) is 45.5. The Balaban J connectivity index is 0.000000155. The minimum atomic E-state index is -0.332. The maximum atomic E-state index is 14.5. The number of hydrogen-bond acceptors (Lipinski definition) is 11. The van der Waals surface area contributed by atoms with Crippen molar-refractivity contribution in [3.8, 4) is 28.7 Å². The van der Waals surface area contributed by atoms with Gasteiger partial charge in [0.2, 0.25) is 23.2 Å². The smallest absolute Gasteiger partial charge is 0.288 e. The maximum absolute atomic E-state index is 14.5. The lowest BCUT2D eigenvalue weighted by atomic mass is 10.00. The molecule has 6 heterocycles. The molecular formula is C49H33BrF2N12O4. The average molecular weight is 972 g/mol. The van der Waals surface area contributed by atoms with Gasteiger partial charge in [0.1, 0.15) is 40.2 Å². The van der Waals surface area contributed by atoms with Gasteiger partial charge in [-0.25, -0.2) is 23.6 Å². The number of carbonyl (C=O) groups excluding carboxylic acids is 2. The van der Waals surface area contributed by atoms with Gasteiger partial charge in [0, 0.05) is 83.5 Å². The molecule has 334 valence electrons. The van der Waals surface area contributed by atoms with E-state index in [4.69, 9.17) is 29.2 Å². The second-order valence-corrected chi connectivity index (χ2v) is 15.8. The van der Waals surface area contributed by atoms with Gasteiger partial charge in [0.25, 0.3) is 11.6 Å². The van der Waals surface area contributed by atoms with E-state index in [-0.39, 0.29) is 36.4 Å². The molecule has 8 aromatic rings. The zero-order chi connectivity index (χ0) is 47.9. The number of aldehydes is 2. The molecule has 0 fully saturated rings. The van der Waals surface area contributed by atoms with Crippen LogP contribution < -0.4 is 20.1 Å². The second kappa shape index (κ2) is 20.0. The highest BCUT2D eigenvalue weighted by molar-refractivity contribution is 9.10. The highest BCUT2D eigenvalue weighted by Crippen LogP contribution is 2.34. The first-order chi connectivity index (χ1) is 33.1. The van der Waals surface area contributed by atoms with Crippen molar-refractivity contribution >= 4 is 69.0 Å². The molecule has 0 spiro atoms. The Morgan fingerprint density at radius 1 is 0.750 bits per heavy atom. The van der Waals surface area contributed by atoms with Gasteiger partial charge >= 0.3 is 0 Å². The normalized spacial score (nSPS) is 11.7. The van der Waals surface area contributed by atoms with E-state index in [0.717, 1.165) is 28.7 Å². The molecule has 2 aliphatic heterocycles. The van der Waals surface area contributed by atoms with Gasteiger partial charge < -0.3 is 29.8 Å². The predicted octanol–water partition coefficient (Wildman–Crippen LogP) is 10.4. The van der Waals surface area contributed by atoms with Crippen LogP contribution in [0.4, 0.5) is 38.0 Å². The highest BCUT2D eigenvalue weighted by Gasteiger charge is 2.23. The number of halogens is 3. The lowest BCUT2D eigenvalue weighted by molar-refractivity contribution is 0.111. The van der Waals surface area contributed by atoms with Crippen molar-refractivity contribution in [1.82, 2.24) is 28.7 Å². The maximum Gasteiger partial charge on any atom is 0.288 e. The number of nitriles is 1. The number of ether oxygens (including phenoxy) is 2. The zero-order valence-electron chi connectivity index (χ0n) is 35.7. The molecule has 0 aliphatic carbocycles. The number of anilines is 2. The Labute approximate surface area is 395 Å². The number of benzene rings is 4. The third-order valence-corrected chi connectivity index (χ3v) is 11.5. The summed E-state index contributed by atoms with van der Waals surface area (Å²) in [4.78, 5) is 48.7. The lowest BCUT2D eigenvalue weighted by Crippen LogP contribution is -2.09. The summed E-state index contributed by atoms with van der Waals surface area (Å²) >= 11 is 3.37. The van der Waals surface area contributed by atoms with Crippen LogP contribution in [0.3, 0.4) is 0 Å². The highest BCUT2D eigenvalue weighted by atomic mass is 79.9. The molecular weight excluding hydrogens is 939 g/mol. The number of hydrogen-bond donors (Lipinski definition) is 2. The van der Waals surface area contributed by atoms with Gasteiger partial charge in [0.05, 0.1) is 43.2 Å². The van der Waals surface area contributed by atoms with E-state index in [1.165, 1.54) is 24.4 Å². The number of rotatable bonds is 9. The molecule has 19 heteroatoms. The number of imidazole rings is 2. The molecule has 0 saturated carbocycles. The molecule has 2 N–H and O–H groups in total. The van der Waals surface area contributed by atoms with Crippen LogP contribution in [-0.2, 0) is 25.9 Å².